The largest absolute Gasteiger partial charge is 0.363 e. The smallest absolute Gasteiger partial charge is 0.287 e. The quantitative estimate of drug-likeness (QED) is 0.567. The number of carbonyl (C=O) groups excluding carboxylic acids is 3. The van der Waals surface area contributed by atoms with Gasteiger partial charge in [-0.05, 0) is 11.6 Å². The average Bonchev–Trinajstić information content (AvgIpc) is 3.10. The number of benzene rings is 1. The number of Topliss-reactive ketones (excluding diaryl/α,β-unsaturated/α-hetero) is 1. The molecule has 2 aromatic heterocycles. The van der Waals surface area contributed by atoms with Gasteiger partial charge in [-0.15, -0.1) is 0 Å². The molecule has 0 saturated carbocycles. The van der Waals surface area contributed by atoms with Gasteiger partial charge in [0.05, 0.1) is 11.3 Å². The molecule has 0 fully saturated rings. The van der Waals surface area contributed by atoms with Crippen LogP contribution in [0.15, 0.2) is 55.1 Å². The molecule has 0 bridgehead atoms. The second-order valence-corrected chi connectivity index (χ2v) is 6.10. The molecule has 9 nitrogen and oxygen atoms in total. The summed E-state index contributed by atoms with van der Waals surface area (Å²) in [7, 11) is 1.66. The summed E-state index contributed by atoms with van der Waals surface area (Å²) in [4.78, 5) is 44.5. The summed E-state index contributed by atoms with van der Waals surface area (Å²) in [6, 6.07) is 9.55. The van der Waals surface area contributed by atoms with Gasteiger partial charge < -0.3 is 11.1 Å². The molecule has 0 aliphatic heterocycles. The van der Waals surface area contributed by atoms with Crippen LogP contribution in [0.25, 0.3) is 11.4 Å². The molecule has 2 heterocycles. The van der Waals surface area contributed by atoms with Gasteiger partial charge in [-0.25, -0.2) is 9.97 Å². The van der Waals surface area contributed by atoms with Gasteiger partial charge >= 0.3 is 0 Å². The Balaban J connectivity index is 1.88. The first-order valence-corrected chi connectivity index (χ1v) is 8.44. The monoisotopic (exact) mass is 378 g/mol. The Kier molecular flexibility index (Phi) is 5.54. The number of carbonyl (C=O) groups is 3. The highest BCUT2D eigenvalue weighted by Gasteiger charge is 2.28. The van der Waals surface area contributed by atoms with Crippen LogP contribution in [0.4, 0.5) is 0 Å². The molecule has 2 amide bonds. The summed E-state index contributed by atoms with van der Waals surface area (Å²) in [6.07, 6.45) is 4.53. The van der Waals surface area contributed by atoms with Gasteiger partial charge in [0.15, 0.2) is 0 Å². The summed E-state index contributed by atoms with van der Waals surface area (Å²) >= 11 is 0. The number of amides is 2. The molecule has 28 heavy (non-hydrogen) atoms. The predicted molar refractivity (Wildman–Crippen MR) is 99.8 cm³/mol. The zero-order valence-electron chi connectivity index (χ0n) is 15.1. The minimum Gasteiger partial charge on any atom is -0.363 e. The van der Waals surface area contributed by atoms with Crippen molar-refractivity contribution in [2.45, 2.75) is 12.5 Å². The molecule has 1 atom stereocenters. The predicted octanol–water partition coefficient (Wildman–Crippen LogP) is 0.273. The van der Waals surface area contributed by atoms with E-state index in [1.165, 1.54) is 23.4 Å². The van der Waals surface area contributed by atoms with Crippen LogP contribution in [0, 0.1) is 0 Å². The average molecular weight is 378 g/mol. The molecule has 0 aliphatic rings. The van der Waals surface area contributed by atoms with Crippen LogP contribution in [0.5, 0.6) is 0 Å². The van der Waals surface area contributed by atoms with Crippen LogP contribution in [-0.2, 0) is 23.1 Å². The van der Waals surface area contributed by atoms with E-state index < -0.39 is 23.6 Å². The van der Waals surface area contributed by atoms with Crippen molar-refractivity contribution in [2.75, 3.05) is 0 Å². The third-order valence-electron chi connectivity index (χ3n) is 4.05. The van der Waals surface area contributed by atoms with E-state index in [4.69, 9.17) is 5.73 Å². The second kappa shape index (κ2) is 8.21. The van der Waals surface area contributed by atoms with E-state index in [0.717, 1.165) is 5.56 Å². The lowest BCUT2D eigenvalue weighted by Gasteiger charge is -2.16. The fraction of sp³-hybridized carbons (Fsp3) is 0.158. The molecular formula is C19H18N6O3. The van der Waals surface area contributed by atoms with Crippen molar-refractivity contribution in [2.24, 2.45) is 12.8 Å². The lowest BCUT2D eigenvalue weighted by molar-refractivity contribution is -0.137. The Bertz CT molecular complexity index is 1000. The topological polar surface area (TPSA) is 133 Å². The molecule has 3 rings (SSSR count). The number of hydrogen-bond acceptors (Lipinski definition) is 6. The maximum atomic E-state index is 12.9. The lowest BCUT2D eigenvalue weighted by atomic mass is 10.0. The number of nitrogens with two attached hydrogens (primary N) is 1. The number of aromatic nitrogens is 4. The Hall–Kier alpha value is -3.88. The molecule has 0 aliphatic carbocycles. The molecule has 0 spiro atoms. The van der Waals surface area contributed by atoms with Gasteiger partial charge in [0, 0.05) is 25.9 Å². The van der Waals surface area contributed by atoms with E-state index in [1.807, 2.05) is 6.07 Å². The number of rotatable bonds is 7. The zero-order chi connectivity index (χ0) is 20.1. The summed E-state index contributed by atoms with van der Waals surface area (Å²) in [5, 5.41) is 6.86. The number of hydrogen-bond donors (Lipinski definition) is 2. The number of ketones is 1. The van der Waals surface area contributed by atoms with E-state index >= 15 is 0 Å². The van der Waals surface area contributed by atoms with Crippen LogP contribution in [-0.4, -0.2) is 43.4 Å². The first kappa shape index (κ1) is 18.9. The van der Waals surface area contributed by atoms with Crippen molar-refractivity contribution in [1.29, 1.82) is 0 Å². The van der Waals surface area contributed by atoms with Crippen molar-refractivity contribution in [1.82, 2.24) is 25.1 Å². The molecule has 1 unspecified atom stereocenters. The van der Waals surface area contributed by atoms with E-state index in [1.54, 1.807) is 37.4 Å². The fourth-order valence-corrected chi connectivity index (χ4v) is 2.74. The highest BCUT2D eigenvalue weighted by molar-refractivity contribution is 6.38. The minimum atomic E-state index is -1.11. The molecule has 0 saturated heterocycles. The Morgan fingerprint density at radius 2 is 1.93 bits per heavy atom. The summed E-state index contributed by atoms with van der Waals surface area (Å²) < 4.78 is 1.47. The van der Waals surface area contributed by atoms with Crippen LogP contribution in [0.1, 0.15) is 15.9 Å². The van der Waals surface area contributed by atoms with Crippen LogP contribution >= 0.6 is 0 Å². The second-order valence-electron chi connectivity index (χ2n) is 6.10. The minimum absolute atomic E-state index is 0.136. The fourth-order valence-electron chi connectivity index (χ4n) is 2.74. The Morgan fingerprint density at radius 3 is 2.57 bits per heavy atom. The van der Waals surface area contributed by atoms with Crippen molar-refractivity contribution in [3.63, 3.8) is 0 Å². The SMILES string of the molecule is Cn1cc(C(=O)NC(Cc2ccccc2)C(=O)C(N)=O)c(-c2ccncn2)n1. The summed E-state index contributed by atoms with van der Waals surface area (Å²) in [5.74, 6) is -2.54. The van der Waals surface area contributed by atoms with Gasteiger partial charge in [-0.1, -0.05) is 30.3 Å². The van der Waals surface area contributed by atoms with E-state index in [9.17, 15) is 14.4 Å². The Labute approximate surface area is 160 Å². The van der Waals surface area contributed by atoms with Crippen molar-refractivity contribution in [3.8, 4) is 11.4 Å². The first-order valence-electron chi connectivity index (χ1n) is 8.44. The molecule has 3 aromatic rings. The molecule has 142 valence electrons. The van der Waals surface area contributed by atoms with Gasteiger partial charge in [0.25, 0.3) is 11.8 Å². The molecule has 9 heteroatoms. The highest BCUT2D eigenvalue weighted by atomic mass is 16.2. The number of primary amides is 1. The Morgan fingerprint density at radius 1 is 1.18 bits per heavy atom. The van der Waals surface area contributed by atoms with Gasteiger partial charge in [-0.2, -0.15) is 5.10 Å². The molecule has 0 radical (unpaired) electrons. The normalized spacial score (nSPS) is 11.6. The third-order valence-corrected chi connectivity index (χ3v) is 4.05. The highest BCUT2D eigenvalue weighted by Crippen LogP contribution is 2.19. The van der Waals surface area contributed by atoms with Crippen LogP contribution in [0.3, 0.4) is 0 Å². The van der Waals surface area contributed by atoms with Crippen LogP contribution < -0.4 is 11.1 Å². The third kappa shape index (κ3) is 4.26. The standard InChI is InChI=1S/C19H18N6O3/c1-25-10-13(16(24-25)14-7-8-21-11-22-14)19(28)23-15(17(26)18(20)27)9-12-5-3-2-4-6-12/h2-8,10-11,15H,9H2,1H3,(H2,20,27)(H,23,28). The van der Waals surface area contributed by atoms with E-state index in [0.29, 0.717) is 11.4 Å². The zero-order valence-corrected chi connectivity index (χ0v) is 15.1. The molecule has 3 N–H and O–H groups in total. The van der Waals surface area contributed by atoms with Gasteiger partial charge in [0.2, 0.25) is 5.78 Å². The first-order chi connectivity index (χ1) is 13.5. The van der Waals surface area contributed by atoms with Gasteiger partial charge in [0.1, 0.15) is 18.1 Å². The van der Waals surface area contributed by atoms with E-state index in [2.05, 4.69) is 20.4 Å². The van der Waals surface area contributed by atoms with Crippen LogP contribution in [0.2, 0.25) is 0 Å². The van der Waals surface area contributed by atoms with Crippen molar-refractivity contribution in [3.05, 3.63) is 66.2 Å². The number of nitrogens with zero attached hydrogens (tertiary/aromatic N) is 4. The lowest BCUT2D eigenvalue weighted by Crippen LogP contribution is -2.47. The molecular weight excluding hydrogens is 360 g/mol. The van der Waals surface area contributed by atoms with Crippen molar-refractivity contribution < 1.29 is 14.4 Å². The summed E-state index contributed by atoms with van der Waals surface area (Å²) in [6.45, 7) is 0. The van der Waals surface area contributed by atoms with Crippen molar-refractivity contribution >= 4 is 17.6 Å². The van der Waals surface area contributed by atoms with E-state index in [-0.39, 0.29) is 12.0 Å². The summed E-state index contributed by atoms with van der Waals surface area (Å²) in [5.41, 5.74) is 6.96. The maximum Gasteiger partial charge on any atom is 0.287 e. The van der Waals surface area contributed by atoms with Gasteiger partial charge in [-0.3, -0.25) is 19.1 Å². The number of aryl methyl sites for hydroxylation is 1. The number of nitrogens with one attached hydrogen (secondary N) is 1. The molecule has 1 aromatic carbocycles. The maximum absolute atomic E-state index is 12.9.